The predicted octanol–water partition coefficient (Wildman–Crippen LogP) is 5.26. The lowest BCUT2D eigenvalue weighted by Crippen LogP contribution is -2.09. The van der Waals surface area contributed by atoms with Crippen LogP contribution in [-0.2, 0) is 0 Å². The summed E-state index contributed by atoms with van der Waals surface area (Å²) in [4.78, 5) is 21.4. The monoisotopic (exact) mass is 392 g/mol. The normalized spacial score (nSPS) is 12.0. The van der Waals surface area contributed by atoms with E-state index < -0.39 is 0 Å². The molecule has 146 valence electrons. The van der Waals surface area contributed by atoms with Crippen molar-refractivity contribution >= 4 is 16.7 Å². The van der Waals surface area contributed by atoms with Crippen LogP contribution < -0.4 is 5.32 Å². The van der Waals surface area contributed by atoms with Crippen molar-refractivity contribution in [3.8, 4) is 22.8 Å². The molecule has 5 aromatic rings. The molecule has 0 spiro atoms. The number of aromatic nitrogens is 5. The van der Waals surface area contributed by atoms with E-state index in [2.05, 4.69) is 51.5 Å². The van der Waals surface area contributed by atoms with Crippen LogP contribution in [0, 0.1) is 0 Å². The van der Waals surface area contributed by atoms with Gasteiger partial charge in [-0.25, -0.2) is 9.97 Å². The highest BCUT2D eigenvalue weighted by molar-refractivity contribution is 5.83. The second-order valence-corrected chi connectivity index (χ2v) is 7.07. The Morgan fingerprint density at radius 3 is 2.70 bits per heavy atom. The van der Waals surface area contributed by atoms with Crippen molar-refractivity contribution < 1.29 is 0 Å². The molecule has 6 nitrogen and oxygen atoms in total. The van der Waals surface area contributed by atoms with Gasteiger partial charge >= 0.3 is 0 Å². The first-order valence-electron chi connectivity index (χ1n) is 9.81. The van der Waals surface area contributed by atoms with E-state index in [9.17, 15) is 0 Å². The van der Waals surface area contributed by atoms with Gasteiger partial charge in [-0.2, -0.15) is 0 Å². The van der Waals surface area contributed by atoms with Crippen molar-refractivity contribution in [2.24, 2.45) is 0 Å². The van der Waals surface area contributed by atoms with Crippen LogP contribution in [0.1, 0.15) is 18.5 Å². The maximum atomic E-state index is 4.75. The van der Waals surface area contributed by atoms with Crippen molar-refractivity contribution in [3.05, 3.63) is 91.0 Å². The Hall–Kier alpha value is -4.06. The summed E-state index contributed by atoms with van der Waals surface area (Å²) in [5.41, 5.74) is 4.78. The summed E-state index contributed by atoms with van der Waals surface area (Å²) in [7, 11) is 0. The molecule has 6 heteroatoms. The molecule has 0 fully saturated rings. The van der Waals surface area contributed by atoms with Crippen molar-refractivity contribution in [2.45, 2.75) is 13.0 Å². The van der Waals surface area contributed by atoms with Gasteiger partial charge in [0, 0.05) is 47.3 Å². The summed E-state index contributed by atoms with van der Waals surface area (Å²) in [6.07, 6.45) is 7.27. The van der Waals surface area contributed by atoms with Crippen molar-refractivity contribution in [1.29, 1.82) is 0 Å². The SMILES string of the molecule is CC(Nc1cc(-c2cccnc2)nc(-c2ccccn2)n1)c1cccc2[nH]ccc12. The van der Waals surface area contributed by atoms with Gasteiger partial charge in [0.05, 0.1) is 11.7 Å². The summed E-state index contributed by atoms with van der Waals surface area (Å²) < 4.78 is 0. The largest absolute Gasteiger partial charge is 0.363 e. The van der Waals surface area contributed by atoms with E-state index in [1.807, 2.05) is 42.6 Å². The molecular formula is C24H20N6. The number of hydrogen-bond acceptors (Lipinski definition) is 5. The van der Waals surface area contributed by atoms with Crippen LogP contribution in [0.25, 0.3) is 33.7 Å². The average Bonchev–Trinajstić information content (AvgIpc) is 3.29. The fourth-order valence-electron chi connectivity index (χ4n) is 3.58. The summed E-state index contributed by atoms with van der Waals surface area (Å²) in [6.45, 7) is 2.13. The summed E-state index contributed by atoms with van der Waals surface area (Å²) in [5.74, 6) is 1.32. The Kier molecular flexibility index (Phi) is 4.65. The maximum absolute atomic E-state index is 4.75. The smallest absolute Gasteiger partial charge is 0.180 e. The molecule has 0 aliphatic carbocycles. The van der Waals surface area contributed by atoms with Crippen LogP contribution in [-0.4, -0.2) is 24.9 Å². The lowest BCUT2D eigenvalue weighted by Gasteiger charge is -2.17. The molecule has 0 radical (unpaired) electrons. The molecule has 0 amide bonds. The zero-order chi connectivity index (χ0) is 20.3. The Balaban J connectivity index is 1.56. The minimum Gasteiger partial charge on any atom is -0.363 e. The van der Waals surface area contributed by atoms with Crippen LogP contribution >= 0.6 is 0 Å². The molecule has 4 heterocycles. The molecule has 1 unspecified atom stereocenters. The van der Waals surface area contributed by atoms with Gasteiger partial charge < -0.3 is 10.3 Å². The van der Waals surface area contributed by atoms with E-state index in [4.69, 9.17) is 9.97 Å². The van der Waals surface area contributed by atoms with Gasteiger partial charge in [-0.05, 0) is 48.9 Å². The number of H-pyrrole nitrogens is 1. The first-order valence-corrected chi connectivity index (χ1v) is 9.81. The van der Waals surface area contributed by atoms with Gasteiger partial charge in [0.2, 0.25) is 0 Å². The second kappa shape index (κ2) is 7.75. The van der Waals surface area contributed by atoms with E-state index in [0.717, 1.165) is 28.3 Å². The molecular weight excluding hydrogens is 372 g/mol. The number of aromatic amines is 1. The predicted molar refractivity (Wildman–Crippen MR) is 119 cm³/mol. The minimum absolute atomic E-state index is 0.0535. The summed E-state index contributed by atoms with van der Waals surface area (Å²) >= 11 is 0. The summed E-state index contributed by atoms with van der Waals surface area (Å²) in [5, 5.41) is 4.75. The van der Waals surface area contributed by atoms with Crippen LogP contribution in [0.4, 0.5) is 5.82 Å². The highest BCUT2D eigenvalue weighted by Crippen LogP contribution is 2.28. The zero-order valence-corrected chi connectivity index (χ0v) is 16.4. The average molecular weight is 392 g/mol. The van der Waals surface area contributed by atoms with Crippen molar-refractivity contribution in [2.75, 3.05) is 5.32 Å². The van der Waals surface area contributed by atoms with Crippen molar-refractivity contribution in [1.82, 2.24) is 24.9 Å². The quantitative estimate of drug-likeness (QED) is 0.427. The number of nitrogens with zero attached hydrogens (tertiary/aromatic N) is 4. The number of fused-ring (bicyclic) bond motifs is 1. The Labute approximate surface area is 174 Å². The zero-order valence-electron chi connectivity index (χ0n) is 16.4. The number of rotatable bonds is 5. The highest BCUT2D eigenvalue weighted by Gasteiger charge is 2.14. The summed E-state index contributed by atoms with van der Waals surface area (Å²) in [6, 6.07) is 20.0. The molecule has 0 saturated carbocycles. The van der Waals surface area contributed by atoms with Gasteiger partial charge in [0.1, 0.15) is 11.5 Å². The topological polar surface area (TPSA) is 79.4 Å². The molecule has 30 heavy (non-hydrogen) atoms. The molecule has 0 aliphatic heterocycles. The van der Waals surface area contributed by atoms with Crippen LogP contribution in [0.2, 0.25) is 0 Å². The Morgan fingerprint density at radius 2 is 1.87 bits per heavy atom. The third-order valence-electron chi connectivity index (χ3n) is 5.04. The van der Waals surface area contributed by atoms with Crippen LogP contribution in [0.5, 0.6) is 0 Å². The Morgan fingerprint density at radius 1 is 0.900 bits per heavy atom. The van der Waals surface area contributed by atoms with E-state index >= 15 is 0 Å². The Bertz CT molecular complexity index is 1220. The molecule has 2 N–H and O–H groups in total. The molecule has 1 aromatic carbocycles. The molecule has 0 aliphatic rings. The van der Waals surface area contributed by atoms with Crippen molar-refractivity contribution in [3.63, 3.8) is 0 Å². The number of hydrogen-bond donors (Lipinski definition) is 2. The lowest BCUT2D eigenvalue weighted by molar-refractivity contribution is 0.882. The van der Waals surface area contributed by atoms with Gasteiger partial charge in [0.15, 0.2) is 5.82 Å². The fourth-order valence-corrected chi connectivity index (χ4v) is 3.58. The first kappa shape index (κ1) is 18.0. The second-order valence-electron chi connectivity index (χ2n) is 7.07. The molecule has 4 aromatic heterocycles. The van der Waals surface area contributed by atoms with Gasteiger partial charge in [-0.1, -0.05) is 18.2 Å². The highest BCUT2D eigenvalue weighted by atomic mass is 15.1. The van der Waals surface area contributed by atoms with Gasteiger partial charge in [-0.15, -0.1) is 0 Å². The lowest BCUT2D eigenvalue weighted by atomic mass is 10.0. The number of nitrogens with one attached hydrogen (secondary N) is 2. The molecule has 5 rings (SSSR count). The van der Waals surface area contributed by atoms with E-state index in [-0.39, 0.29) is 6.04 Å². The molecule has 1 atom stereocenters. The third-order valence-corrected chi connectivity index (χ3v) is 5.04. The van der Waals surface area contributed by atoms with Crippen LogP contribution in [0.3, 0.4) is 0 Å². The van der Waals surface area contributed by atoms with E-state index in [1.54, 1.807) is 18.6 Å². The third kappa shape index (κ3) is 3.51. The molecule has 0 saturated heterocycles. The van der Waals surface area contributed by atoms with Gasteiger partial charge in [0.25, 0.3) is 0 Å². The van der Waals surface area contributed by atoms with Gasteiger partial charge in [-0.3, -0.25) is 9.97 Å². The first-order chi connectivity index (χ1) is 14.8. The minimum atomic E-state index is 0.0535. The number of benzene rings is 1. The fraction of sp³-hybridized carbons (Fsp3) is 0.0833. The standard InChI is InChI=1S/C24H20N6/c1-16(18-7-4-9-20-19(18)10-13-27-20)28-23-14-22(17-6-5-11-25-15-17)29-24(30-23)21-8-2-3-12-26-21/h2-16,27H,1H3,(H,28,29,30). The van der Waals surface area contributed by atoms with E-state index in [1.165, 1.54) is 10.9 Å². The van der Waals surface area contributed by atoms with Crippen LogP contribution in [0.15, 0.2) is 85.5 Å². The molecule has 0 bridgehead atoms. The number of pyridine rings is 2. The number of anilines is 1. The maximum Gasteiger partial charge on any atom is 0.180 e. The van der Waals surface area contributed by atoms with E-state index in [0.29, 0.717) is 5.82 Å².